The maximum atomic E-state index is 12.4. The van der Waals surface area contributed by atoms with Gasteiger partial charge < -0.3 is 11.1 Å². The number of hydrogen-bond donors (Lipinski definition) is 2. The van der Waals surface area contributed by atoms with Crippen LogP contribution in [0.15, 0.2) is 23.6 Å². The minimum atomic E-state index is -0.0853. The zero-order chi connectivity index (χ0) is 15.7. The van der Waals surface area contributed by atoms with Crippen molar-refractivity contribution in [3.05, 3.63) is 45.4 Å². The van der Waals surface area contributed by atoms with Gasteiger partial charge in [0.25, 0.3) is 5.91 Å². The monoisotopic (exact) mass is 315 g/mol. The number of anilines is 1. The number of aromatic nitrogens is 1. The first kappa shape index (κ1) is 15.0. The summed E-state index contributed by atoms with van der Waals surface area (Å²) in [6, 6.07) is 6.02. The van der Waals surface area contributed by atoms with Crippen molar-refractivity contribution in [3.63, 3.8) is 0 Å². The predicted octanol–water partition coefficient (Wildman–Crippen LogP) is 3.66. The van der Waals surface area contributed by atoms with E-state index < -0.39 is 0 Å². The normalized spacial score (nSPS) is 17.3. The number of nitrogens with two attached hydrogens (primary N) is 1. The second-order valence-electron chi connectivity index (χ2n) is 6.10. The summed E-state index contributed by atoms with van der Waals surface area (Å²) in [6.07, 6.45) is 3.06. The average Bonchev–Trinajstić information content (AvgIpc) is 2.97. The van der Waals surface area contributed by atoms with Crippen LogP contribution in [0.4, 0.5) is 5.69 Å². The maximum absolute atomic E-state index is 12.4. The highest BCUT2D eigenvalue weighted by atomic mass is 32.1. The number of hydrogen-bond acceptors (Lipinski definition) is 4. The van der Waals surface area contributed by atoms with E-state index in [2.05, 4.69) is 24.1 Å². The van der Waals surface area contributed by atoms with Crippen LogP contribution in [0.3, 0.4) is 0 Å². The number of thiazole rings is 1. The molecular weight excluding hydrogens is 294 g/mol. The van der Waals surface area contributed by atoms with E-state index >= 15 is 0 Å². The van der Waals surface area contributed by atoms with Gasteiger partial charge in [0.1, 0.15) is 5.69 Å². The van der Waals surface area contributed by atoms with E-state index in [0.717, 1.165) is 30.0 Å². The number of benzene rings is 1. The molecule has 1 aliphatic carbocycles. The predicted molar refractivity (Wildman–Crippen MR) is 90.2 cm³/mol. The van der Waals surface area contributed by atoms with Crippen molar-refractivity contribution in [1.82, 2.24) is 10.3 Å². The van der Waals surface area contributed by atoms with Gasteiger partial charge in [-0.25, -0.2) is 4.98 Å². The number of carbonyl (C=O) groups is 1. The van der Waals surface area contributed by atoms with E-state index in [1.165, 1.54) is 11.1 Å². The molecule has 0 saturated carbocycles. The Kier molecular flexibility index (Phi) is 4.16. The number of nitrogen functional groups attached to an aromatic ring is 1. The Morgan fingerprint density at radius 1 is 1.45 bits per heavy atom. The van der Waals surface area contributed by atoms with Gasteiger partial charge in [0.05, 0.1) is 11.0 Å². The summed E-state index contributed by atoms with van der Waals surface area (Å²) in [5, 5.41) is 5.97. The minimum Gasteiger partial charge on any atom is -0.399 e. The summed E-state index contributed by atoms with van der Waals surface area (Å²) in [6.45, 7) is 4.17. The molecule has 3 rings (SSSR count). The van der Waals surface area contributed by atoms with Crippen molar-refractivity contribution in [2.24, 2.45) is 0 Å². The Morgan fingerprint density at radius 2 is 2.27 bits per heavy atom. The topological polar surface area (TPSA) is 68.0 Å². The lowest BCUT2D eigenvalue weighted by Gasteiger charge is -2.26. The Morgan fingerprint density at radius 3 is 3.00 bits per heavy atom. The number of nitrogens with one attached hydrogen (secondary N) is 1. The fraction of sp³-hybridized carbons (Fsp3) is 0.412. The van der Waals surface area contributed by atoms with E-state index in [1.54, 1.807) is 11.3 Å². The van der Waals surface area contributed by atoms with Gasteiger partial charge in [0.15, 0.2) is 0 Å². The molecule has 1 amide bonds. The van der Waals surface area contributed by atoms with E-state index in [-0.39, 0.29) is 11.9 Å². The van der Waals surface area contributed by atoms with Crippen LogP contribution in [0.2, 0.25) is 0 Å². The van der Waals surface area contributed by atoms with Crippen LogP contribution in [0.25, 0.3) is 0 Å². The van der Waals surface area contributed by atoms with Crippen molar-refractivity contribution < 1.29 is 4.79 Å². The first-order chi connectivity index (χ1) is 10.5. The highest BCUT2D eigenvalue weighted by Gasteiger charge is 2.23. The summed E-state index contributed by atoms with van der Waals surface area (Å²) in [4.78, 5) is 16.9. The summed E-state index contributed by atoms with van der Waals surface area (Å²) in [5.74, 6) is 0.266. The highest BCUT2D eigenvalue weighted by molar-refractivity contribution is 7.09. The molecule has 0 spiro atoms. The van der Waals surface area contributed by atoms with Crippen LogP contribution >= 0.6 is 11.3 Å². The van der Waals surface area contributed by atoms with Crippen LogP contribution < -0.4 is 11.1 Å². The molecule has 0 aliphatic heterocycles. The van der Waals surface area contributed by atoms with Gasteiger partial charge in [-0.3, -0.25) is 4.79 Å². The van der Waals surface area contributed by atoms with Crippen LogP contribution in [0, 0.1) is 0 Å². The van der Waals surface area contributed by atoms with E-state index in [4.69, 9.17) is 5.73 Å². The molecule has 5 heteroatoms. The van der Waals surface area contributed by atoms with Gasteiger partial charge in [-0.15, -0.1) is 11.3 Å². The lowest BCUT2D eigenvalue weighted by molar-refractivity contribution is 0.0928. The maximum Gasteiger partial charge on any atom is 0.271 e. The molecule has 0 radical (unpaired) electrons. The Hall–Kier alpha value is -1.88. The molecule has 1 atom stereocenters. The average molecular weight is 315 g/mol. The number of fused-ring (bicyclic) bond motifs is 1. The van der Waals surface area contributed by atoms with Gasteiger partial charge in [0, 0.05) is 17.0 Å². The second-order valence-corrected chi connectivity index (χ2v) is 6.99. The summed E-state index contributed by atoms with van der Waals surface area (Å²) in [5.41, 5.74) is 9.60. The molecule has 22 heavy (non-hydrogen) atoms. The van der Waals surface area contributed by atoms with Gasteiger partial charge in [0.2, 0.25) is 0 Å². The van der Waals surface area contributed by atoms with Crippen molar-refractivity contribution in [2.75, 3.05) is 5.73 Å². The largest absolute Gasteiger partial charge is 0.399 e. The summed E-state index contributed by atoms with van der Waals surface area (Å²) < 4.78 is 0. The molecule has 2 aromatic rings. The fourth-order valence-electron chi connectivity index (χ4n) is 2.87. The molecule has 1 aromatic carbocycles. The molecule has 3 N–H and O–H groups in total. The molecule has 4 nitrogen and oxygen atoms in total. The van der Waals surface area contributed by atoms with Gasteiger partial charge in [-0.05, 0) is 42.5 Å². The van der Waals surface area contributed by atoms with Gasteiger partial charge in [-0.1, -0.05) is 19.9 Å². The van der Waals surface area contributed by atoms with Crippen molar-refractivity contribution >= 4 is 22.9 Å². The van der Waals surface area contributed by atoms with E-state index in [9.17, 15) is 4.79 Å². The molecule has 1 heterocycles. The summed E-state index contributed by atoms with van der Waals surface area (Å²) >= 11 is 1.55. The quantitative estimate of drug-likeness (QED) is 0.849. The van der Waals surface area contributed by atoms with Gasteiger partial charge >= 0.3 is 0 Å². The Labute approximate surface area is 134 Å². The fourth-order valence-corrected chi connectivity index (χ4v) is 3.69. The molecule has 0 bridgehead atoms. The smallest absolute Gasteiger partial charge is 0.271 e. The van der Waals surface area contributed by atoms with Crippen LogP contribution in [0.1, 0.15) is 65.3 Å². The third-order valence-corrected chi connectivity index (χ3v) is 5.18. The Bertz CT molecular complexity index is 693. The SMILES string of the molecule is CC(C)c1nc(C(=O)NC2CCCc3cc(N)ccc32)cs1. The first-order valence-corrected chi connectivity index (χ1v) is 8.57. The molecule has 1 aromatic heterocycles. The van der Waals surface area contributed by atoms with Crippen molar-refractivity contribution in [1.29, 1.82) is 0 Å². The molecule has 116 valence electrons. The number of carbonyl (C=O) groups excluding carboxylic acids is 1. The van der Waals surface area contributed by atoms with Crippen molar-refractivity contribution in [3.8, 4) is 0 Å². The van der Waals surface area contributed by atoms with E-state index in [0.29, 0.717) is 11.6 Å². The number of nitrogens with zero attached hydrogens (tertiary/aromatic N) is 1. The Balaban J connectivity index is 1.77. The molecule has 1 aliphatic rings. The standard InChI is InChI=1S/C17H21N3OS/c1-10(2)17-20-15(9-22-17)16(21)19-14-5-3-4-11-8-12(18)6-7-13(11)14/h6-10,14H,3-5,18H2,1-2H3,(H,19,21). The molecule has 1 unspecified atom stereocenters. The molecule has 0 fully saturated rings. The third kappa shape index (κ3) is 2.99. The van der Waals surface area contributed by atoms with Crippen LogP contribution in [-0.4, -0.2) is 10.9 Å². The van der Waals surface area contributed by atoms with Crippen LogP contribution in [0.5, 0.6) is 0 Å². The number of rotatable bonds is 3. The van der Waals surface area contributed by atoms with E-state index in [1.807, 2.05) is 23.6 Å². The minimum absolute atomic E-state index is 0.0565. The number of aryl methyl sites for hydroxylation is 1. The van der Waals surface area contributed by atoms with Gasteiger partial charge in [-0.2, -0.15) is 0 Å². The second kappa shape index (κ2) is 6.08. The highest BCUT2D eigenvalue weighted by Crippen LogP contribution is 2.31. The molecular formula is C17H21N3OS. The van der Waals surface area contributed by atoms with Crippen LogP contribution in [-0.2, 0) is 6.42 Å². The lowest BCUT2D eigenvalue weighted by atomic mass is 9.87. The zero-order valence-electron chi connectivity index (χ0n) is 12.9. The first-order valence-electron chi connectivity index (χ1n) is 7.69. The summed E-state index contributed by atoms with van der Waals surface area (Å²) in [7, 11) is 0. The van der Waals surface area contributed by atoms with Crippen molar-refractivity contribution in [2.45, 2.75) is 45.1 Å². The number of amides is 1. The lowest BCUT2D eigenvalue weighted by Crippen LogP contribution is -2.31. The molecule has 0 saturated heterocycles. The third-order valence-electron chi connectivity index (χ3n) is 4.04. The zero-order valence-corrected chi connectivity index (χ0v) is 13.7.